The fourth-order valence-electron chi connectivity index (χ4n) is 1.79. The zero-order valence-electron chi connectivity index (χ0n) is 10.4. The molecule has 1 aliphatic heterocycles. The highest BCUT2D eigenvalue weighted by atomic mass is 16.5. The third-order valence-electron chi connectivity index (χ3n) is 3.07. The van der Waals surface area contributed by atoms with Crippen molar-refractivity contribution in [2.24, 2.45) is 10.7 Å². The summed E-state index contributed by atoms with van der Waals surface area (Å²) in [6.45, 7) is 7.26. The van der Waals surface area contributed by atoms with Crippen LogP contribution in [-0.4, -0.2) is 37.2 Å². The van der Waals surface area contributed by atoms with E-state index in [0.717, 1.165) is 32.0 Å². The van der Waals surface area contributed by atoms with E-state index < -0.39 is 0 Å². The normalized spacial score (nSPS) is 17.3. The Morgan fingerprint density at radius 3 is 2.59 bits per heavy atom. The lowest BCUT2D eigenvalue weighted by Gasteiger charge is -2.27. The summed E-state index contributed by atoms with van der Waals surface area (Å²) in [4.78, 5) is 6.50. The zero-order valence-corrected chi connectivity index (χ0v) is 10.4. The standard InChI is InChI=1S/C13H19N3O/c1-10-3-4-12(9-11(10)2)15-13(14)16-5-7-17-8-6-16/h3-4,9H,5-8H2,1-2H3,(H2,14,15). The summed E-state index contributed by atoms with van der Waals surface area (Å²) in [6, 6.07) is 6.12. The third-order valence-corrected chi connectivity index (χ3v) is 3.07. The van der Waals surface area contributed by atoms with Gasteiger partial charge in [-0.3, -0.25) is 0 Å². The molecule has 1 aromatic carbocycles. The van der Waals surface area contributed by atoms with Gasteiger partial charge in [0.15, 0.2) is 5.96 Å². The zero-order chi connectivity index (χ0) is 12.3. The number of aryl methyl sites for hydroxylation is 2. The SMILES string of the molecule is Cc1ccc(N=C(N)N2CCOCC2)cc1C. The summed E-state index contributed by atoms with van der Waals surface area (Å²) >= 11 is 0. The van der Waals surface area contributed by atoms with Crippen LogP contribution in [0, 0.1) is 13.8 Å². The van der Waals surface area contributed by atoms with Crippen molar-refractivity contribution in [2.45, 2.75) is 13.8 Å². The number of guanidine groups is 1. The van der Waals surface area contributed by atoms with Crippen LogP contribution < -0.4 is 5.73 Å². The van der Waals surface area contributed by atoms with E-state index in [-0.39, 0.29) is 0 Å². The molecule has 0 aromatic heterocycles. The summed E-state index contributed by atoms with van der Waals surface area (Å²) in [5, 5.41) is 0. The van der Waals surface area contributed by atoms with Gasteiger partial charge in [-0.1, -0.05) is 6.07 Å². The van der Waals surface area contributed by atoms with Crippen LogP contribution in [0.15, 0.2) is 23.2 Å². The number of nitrogens with two attached hydrogens (primary N) is 1. The van der Waals surface area contributed by atoms with Crippen molar-refractivity contribution in [2.75, 3.05) is 26.3 Å². The number of nitrogens with zero attached hydrogens (tertiary/aromatic N) is 2. The van der Waals surface area contributed by atoms with Gasteiger partial charge >= 0.3 is 0 Å². The first-order valence-corrected chi connectivity index (χ1v) is 5.91. The van der Waals surface area contributed by atoms with Gasteiger partial charge in [0, 0.05) is 13.1 Å². The van der Waals surface area contributed by atoms with Gasteiger partial charge in [-0.25, -0.2) is 4.99 Å². The van der Waals surface area contributed by atoms with Crippen LogP contribution in [-0.2, 0) is 4.74 Å². The number of benzene rings is 1. The molecule has 0 amide bonds. The van der Waals surface area contributed by atoms with Crippen molar-refractivity contribution in [1.29, 1.82) is 0 Å². The second kappa shape index (κ2) is 5.19. The van der Waals surface area contributed by atoms with Crippen molar-refractivity contribution in [1.82, 2.24) is 4.90 Å². The maximum atomic E-state index is 5.99. The van der Waals surface area contributed by atoms with E-state index in [1.165, 1.54) is 11.1 Å². The number of hydrogen-bond donors (Lipinski definition) is 1. The molecular formula is C13H19N3O. The topological polar surface area (TPSA) is 50.8 Å². The lowest BCUT2D eigenvalue weighted by Crippen LogP contribution is -2.44. The maximum Gasteiger partial charge on any atom is 0.196 e. The predicted octanol–water partition coefficient (Wildman–Crippen LogP) is 1.58. The Hall–Kier alpha value is -1.55. The summed E-state index contributed by atoms with van der Waals surface area (Å²) in [6.07, 6.45) is 0. The Labute approximate surface area is 102 Å². The molecule has 0 bridgehead atoms. The molecule has 0 unspecified atom stereocenters. The molecule has 0 atom stereocenters. The summed E-state index contributed by atoms with van der Waals surface area (Å²) < 4.78 is 5.28. The first-order chi connectivity index (χ1) is 8.16. The summed E-state index contributed by atoms with van der Waals surface area (Å²) in [5.74, 6) is 0.580. The third kappa shape index (κ3) is 2.97. The number of rotatable bonds is 1. The Morgan fingerprint density at radius 1 is 1.24 bits per heavy atom. The van der Waals surface area contributed by atoms with Crippen LogP contribution in [0.4, 0.5) is 5.69 Å². The van der Waals surface area contributed by atoms with Crippen molar-refractivity contribution in [3.8, 4) is 0 Å². The molecule has 0 saturated carbocycles. The van der Waals surface area contributed by atoms with E-state index in [2.05, 4.69) is 35.9 Å². The molecule has 0 spiro atoms. The fourth-order valence-corrected chi connectivity index (χ4v) is 1.79. The molecule has 4 nitrogen and oxygen atoms in total. The predicted molar refractivity (Wildman–Crippen MR) is 69.6 cm³/mol. The number of aliphatic imine (C=N–C) groups is 1. The molecular weight excluding hydrogens is 214 g/mol. The molecule has 2 N–H and O–H groups in total. The minimum atomic E-state index is 0.580. The van der Waals surface area contributed by atoms with Crippen molar-refractivity contribution < 1.29 is 4.74 Å². The lowest BCUT2D eigenvalue weighted by molar-refractivity contribution is 0.0675. The van der Waals surface area contributed by atoms with Crippen LogP contribution in [0.2, 0.25) is 0 Å². The van der Waals surface area contributed by atoms with Gasteiger partial charge in [0.25, 0.3) is 0 Å². The van der Waals surface area contributed by atoms with E-state index >= 15 is 0 Å². The van der Waals surface area contributed by atoms with Gasteiger partial charge in [0.1, 0.15) is 0 Å². The second-order valence-electron chi connectivity index (χ2n) is 4.34. The van der Waals surface area contributed by atoms with Crippen LogP contribution in [0.1, 0.15) is 11.1 Å². The van der Waals surface area contributed by atoms with E-state index in [4.69, 9.17) is 10.5 Å². The minimum Gasteiger partial charge on any atom is -0.378 e. The average Bonchev–Trinajstić information content (AvgIpc) is 2.35. The molecule has 4 heteroatoms. The molecule has 92 valence electrons. The van der Waals surface area contributed by atoms with Gasteiger partial charge < -0.3 is 15.4 Å². The highest BCUT2D eigenvalue weighted by molar-refractivity contribution is 5.81. The molecule has 1 heterocycles. The Kier molecular flexibility index (Phi) is 3.64. The van der Waals surface area contributed by atoms with Crippen molar-refractivity contribution >= 4 is 11.6 Å². The van der Waals surface area contributed by atoms with Gasteiger partial charge in [0.05, 0.1) is 18.9 Å². The average molecular weight is 233 g/mol. The molecule has 1 aromatic rings. The Bertz CT molecular complexity index is 423. The summed E-state index contributed by atoms with van der Waals surface area (Å²) in [7, 11) is 0. The second-order valence-corrected chi connectivity index (χ2v) is 4.34. The first kappa shape index (κ1) is 11.9. The van der Waals surface area contributed by atoms with Crippen LogP contribution in [0.5, 0.6) is 0 Å². The summed E-state index contributed by atoms with van der Waals surface area (Å²) in [5.41, 5.74) is 9.41. The van der Waals surface area contributed by atoms with Crippen LogP contribution in [0.25, 0.3) is 0 Å². The Balaban J connectivity index is 2.13. The molecule has 1 aliphatic rings. The number of morpholine rings is 1. The maximum absolute atomic E-state index is 5.99. The van der Waals surface area contributed by atoms with Crippen molar-refractivity contribution in [3.05, 3.63) is 29.3 Å². The lowest BCUT2D eigenvalue weighted by atomic mass is 10.1. The minimum absolute atomic E-state index is 0.580. The molecule has 2 rings (SSSR count). The fraction of sp³-hybridized carbons (Fsp3) is 0.462. The van der Waals surface area contributed by atoms with Gasteiger partial charge in [-0.2, -0.15) is 0 Å². The van der Waals surface area contributed by atoms with E-state index in [1.54, 1.807) is 0 Å². The van der Waals surface area contributed by atoms with Crippen LogP contribution in [0.3, 0.4) is 0 Å². The van der Waals surface area contributed by atoms with E-state index in [1.807, 2.05) is 6.07 Å². The van der Waals surface area contributed by atoms with Gasteiger partial charge in [-0.05, 0) is 37.1 Å². The molecule has 1 saturated heterocycles. The molecule has 1 fully saturated rings. The van der Waals surface area contributed by atoms with Crippen molar-refractivity contribution in [3.63, 3.8) is 0 Å². The Morgan fingerprint density at radius 2 is 1.94 bits per heavy atom. The van der Waals surface area contributed by atoms with Gasteiger partial charge in [-0.15, -0.1) is 0 Å². The molecule has 17 heavy (non-hydrogen) atoms. The highest BCUT2D eigenvalue weighted by Crippen LogP contribution is 2.17. The van der Waals surface area contributed by atoms with E-state index in [0.29, 0.717) is 5.96 Å². The largest absolute Gasteiger partial charge is 0.378 e. The molecule has 0 aliphatic carbocycles. The number of ether oxygens (including phenoxy) is 1. The smallest absolute Gasteiger partial charge is 0.196 e. The van der Waals surface area contributed by atoms with Crippen LogP contribution >= 0.6 is 0 Å². The van der Waals surface area contributed by atoms with E-state index in [9.17, 15) is 0 Å². The quantitative estimate of drug-likeness (QED) is 0.592. The monoisotopic (exact) mass is 233 g/mol. The first-order valence-electron chi connectivity index (χ1n) is 5.91. The number of hydrogen-bond acceptors (Lipinski definition) is 2. The van der Waals surface area contributed by atoms with Gasteiger partial charge in [0.2, 0.25) is 0 Å². The molecule has 0 radical (unpaired) electrons. The highest BCUT2D eigenvalue weighted by Gasteiger charge is 2.12.